The lowest BCUT2D eigenvalue weighted by atomic mass is 10.2. The molecule has 2 aromatic rings. The Morgan fingerprint density at radius 1 is 1.38 bits per heavy atom. The van der Waals surface area contributed by atoms with Crippen LogP contribution in [0.4, 0.5) is 5.95 Å². The lowest BCUT2D eigenvalue weighted by Crippen LogP contribution is -2.15. The van der Waals surface area contributed by atoms with Crippen LogP contribution in [0.15, 0.2) is 29.2 Å². The van der Waals surface area contributed by atoms with Crippen LogP contribution in [0.2, 0.25) is 0 Å². The fraction of sp³-hybridized carbons (Fsp3) is 0.250. The first-order valence-electron chi connectivity index (χ1n) is 5.98. The Morgan fingerprint density at radius 3 is 2.81 bits per heavy atom. The van der Waals surface area contributed by atoms with Gasteiger partial charge in [0.15, 0.2) is 0 Å². The molecule has 2 rings (SSSR count). The summed E-state index contributed by atoms with van der Waals surface area (Å²) in [6.07, 6.45) is 0.271. The van der Waals surface area contributed by atoms with Gasteiger partial charge in [0.1, 0.15) is 4.90 Å². The summed E-state index contributed by atoms with van der Waals surface area (Å²) < 4.78 is 26.9. The van der Waals surface area contributed by atoms with Gasteiger partial charge in [-0.15, -0.1) is 5.10 Å². The Balaban J connectivity index is 2.34. The molecule has 0 fully saturated rings. The van der Waals surface area contributed by atoms with Gasteiger partial charge < -0.3 is 5.11 Å². The topological polar surface area (TPSA) is 110 Å². The van der Waals surface area contributed by atoms with Gasteiger partial charge in [0, 0.05) is 12.0 Å². The molecule has 1 aromatic carbocycles. The van der Waals surface area contributed by atoms with Gasteiger partial charge in [-0.25, -0.2) is 13.1 Å². The second-order valence-electron chi connectivity index (χ2n) is 3.98. The first-order chi connectivity index (χ1) is 10.0. The number of nitrogens with zero attached hydrogens (tertiary/aromatic N) is 4. The number of sulfonamides is 1. The molecule has 8 nitrogen and oxygen atoms in total. The summed E-state index contributed by atoms with van der Waals surface area (Å²) in [5.41, 5.74) is 0.336. The van der Waals surface area contributed by atoms with E-state index < -0.39 is 10.0 Å². The quantitative estimate of drug-likeness (QED) is 0.753. The first kappa shape index (κ1) is 15.0. The zero-order valence-electron chi connectivity index (χ0n) is 11.2. The summed E-state index contributed by atoms with van der Waals surface area (Å²) >= 11 is 0. The normalized spacial score (nSPS) is 10.8. The molecule has 0 aliphatic rings. The van der Waals surface area contributed by atoms with Crippen LogP contribution in [0.1, 0.15) is 12.0 Å². The number of nitrogens with one attached hydrogen (secondary N) is 1. The fourth-order valence-corrected chi connectivity index (χ4v) is 2.62. The monoisotopic (exact) mass is 307 g/mol. The van der Waals surface area contributed by atoms with E-state index in [4.69, 9.17) is 5.11 Å². The molecule has 0 aliphatic carbocycles. The highest BCUT2D eigenvalue weighted by Crippen LogP contribution is 2.16. The number of rotatable bonds is 4. The maximum absolute atomic E-state index is 12.3. The highest BCUT2D eigenvalue weighted by atomic mass is 32.2. The molecule has 1 aromatic heterocycles. The van der Waals surface area contributed by atoms with Crippen molar-refractivity contribution in [3.8, 4) is 11.8 Å². The number of aromatic nitrogens is 4. The minimum atomic E-state index is -3.86. The number of anilines is 1. The van der Waals surface area contributed by atoms with E-state index in [1.165, 1.54) is 13.1 Å². The predicted molar refractivity (Wildman–Crippen MR) is 74.6 cm³/mol. The zero-order valence-corrected chi connectivity index (χ0v) is 12.0. The third-order valence-corrected chi connectivity index (χ3v) is 3.76. The van der Waals surface area contributed by atoms with Gasteiger partial charge in [-0.1, -0.05) is 29.1 Å². The van der Waals surface area contributed by atoms with Crippen molar-refractivity contribution < 1.29 is 13.5 Å². The minimum Gasteiger partial charge on any atom is -0.395 e. The predicted octanol–water partition coefficient (Wildman–Crippen LogP) is -0.255. The second kappa shape index (κ2) is 6.34. The molecule has 0 radical (unpaired) electrons. The van der Waals surface area contributed by atoms with Gasteiger partial charge in [-0.05, 0) is 17.3 Å². The lowest BCUT2D eigenvalue weighted by Gasteiger charge is -2.06. The van der Waals surface area contributed by atoms with Crippen molar-refractivity contribution in [3.05, 3.63) is 29.8 Å². The van der Waals surface area contributed by atoms with Gasteiger partial charge >= 0.3 is 0 Å². The van der Waals surface area contributed by atoms with Gasteiger partial charge in [0.2, 0.25) is 0 Å². The Kier molecular flexibility index (Phi) is 4.52. The molecule has 0 bridgehead atoms. The maximum Gasteiger partial charge on any atom is 0.277 e. The van der Waals surface area contributed by atoms with E-state index in [0.29, 0.717) is 5.56 Å². The molecular formula is C12H13N5O3S. The van der Waals surface area contributed by atoms with Crippen LogP contribution in [0.5, 0.6) is 0 Å². The van der Waals surface area contributed by atoms with Crippen molar-refractivity contribution in [1.29, 1.82) is 0 Å². The molecule has 9 heteroatoms. The molecule has 110 valence electrons. The van der Waals surface area contributed by atoms with Crippen molar-refractivity contribution >= 4 is 16.0 Å². The van der Waals surface area contributed by atoms with E-state index in [0.717, 1.165) is 4.80 Å². The van der Waals surface area contributed by atoms with Gasteiger partial charge in [0.05, 0.1) is 13.7 Å². The van der Waals surface area contributed by atoms with Gasteiger partial charge in [-0.3, -0.25) is 0 Å². The standard InChI is InChI=1S/C12H13N5O3S/c1-17-14-12(13-16-17)15-21(19,20)11-8-3-2-6-10(11)7-4-5-9-18/h2-3,6,8,18H,5,9H2,1H3,(H,14,15). The van der Waals surface area contributed by atoms with Crippen molar-refractivity contribution in [1.82, 2.24) is 20.2 Å². The zero-order chi connectivity index (χ0) is 15.3. The first-order valence-corrected chi connectivity index (χ1v) is 7.47. The highest BCUT2D eigenvalue weighted by Gasteiger charge is 2.19. The van der Waals surface area contributed by atoms with Crippen LogP contribution in [0, 0.1) is 11.8 Å². The second-order valence-corrected chi connectivity index (χ2v) is 5.63. The number of aliphatic hydroxyl groups excluding tert-OH is 1. The van der Waals surface area contributed by atoms with E-state index in [2.05, 4.69) is 32.0 Å². The molecule has 0 atom stereocenters. The molecule has 21 heavy (non-hydrogen) atoms. The van der Waals surface area contributed by atoms with Crippen molar-refractivity contribution in [2.75, 3.05) is 11.3 Å². The molecule has 1 heterocycles. The number of tetrazole rings is 1. The smallest absolute Gasteiger partial charge is 0.277 e. The third kappa shape index (κ3) is 3.77. The Bertz CT molecular complexity index is 788. The van der Waals surface area contributed by atoms with Gasteiger partial charge in [0.25, 0.3) is 16.0 Å². The minimum absolute atomic E-state index is 0.0166. The molecule has 0 spiro atoms. The van der Waals surface area contributed by atoms with Crippen LogP contribution < -0.4 is 4.72 Å². The van der Waals surface area contributed by atoms with E-state index >= 15 is 0 Å². The van der Waals surface area contributed by atoms with Crippen LogP contribution >= 0.6 is 0 Å². The molecular weight excluding hydrogens is 294 g/mol. The molecule has 0 amide bonds. The van der Waals surface area contributed by atoms with Crippen LogP contribution in [-0.2, 0) is 17.1 Å². The Morgan fingerprint density at radius 2 is 2.14 bits per heavy atom. The largest absolute Gasteiger partial charge is 0.395 e. The number of aryl methyl sites for hydroxylation is 1. The number of aliphatic hydroxyl groups is 1. The summed E-state index contributed by atoms with van der Waals surface area (Å²) in [6.45, 7) is -0.0797. The number of hydrogen-bond acceptors (Lipinski definition) is 6. The van der Waals surface area contributed by atoms with Crippen molar-refractivity contribution in [3.63, 3.8) is 0 Å². The molecule has 2 N–H and O–H groups in total. The SMILES string of the molecule is Cn1nnc(NS(=O)(=O)c2ccccc2C#CCCO)n1. The van der Waals surface area contributed by atoms with E-state index in [1.807, 2.05) is 0 Å². The van der Waals surface area contributed by atoms with Crippen molar-refractivity contribution in [2.24, 2.45) is 7.05 Å². The van der Waals surface area contributed by atoms with Crippen molar-refractivity contribution in [2.45, 2.75) is 11.3 Å². The number of benzene rings is 1. The van der Waals surface area contributed by atoms with Crippen LogP contribution in [0.25, 0.3) is 0 Å². The van der Waals surface area contributed by atoms with E-state index in [-0.39, 0.29) is 23.9 Å². The summed E-state index contributed by atoms with van der Waals surface area (Å²) in [5, 5.41) is 19.6. The van der Waals surface area contributed by atoms with Gasteiger partial charge in [-0.2, -0.15) is 4.80 Å². The summed E-state index contributed by atoms with van der Waals surface area (Å²) in [6, 6.07) is 6.29. The lowest BCUT2D eigenvalue weighted by molar-refractivity contribution is 0.305. The fourth-order valence-electron chi connectivity index (χ4n) is 1.52. The van der Waals surface area contributed by atoms with E-state index in [1.54, 1.807) is 18.2 Å². The summed E-state index contributed by atoms with van der Waals surface area (Å²) in [5.74, 6) is 5.30. The average Bonchev–Trinajstić information content (AvgIpc) is 2.84. The Hall–Kier alpha value is -2.44. The third-order valence-electron chi connectivity index (χ3n) is 2.37. The average molecular weight is 307 g/mol. The Labute approximate surface area is 121 Å². The molecule has 0 saturated heterocycles. The number of hydrogen-bond donors (Lipinski definition) is 2. The molecule has 0 unspecified atom stereocenters. The van der Waals surface area contributed by atoms with Crippen LogP contribution in [-0.4, -0.2) is 40.3 Å². The van der Waals surface area contributed by atoms with Crippen LogP contribution in [0.3, 0.4) is 0 Å². The molecule has 0 aliphatic heterocycles. The highest BCUT2D eigenvalue weighted by molar-refractivity contribution is 7.92. The van der Waals surface area contributed by atoms with E-state index in [9.17, 15) is 8.42 Å². The maximum atomic E-state index is 12.3. The summed E-state index contributed by atoms with van der Waals surface area (Å²) in [4.78, 5) is 1.16. The molecule has 0 saturated carbocycles. The summed E-state index contributed by atoms with van der Waals surface area (Å²) in [7, 11) is -2.33.